The van der Waals surface area contributed by atoms with Crippen LogP contribution in [0.5, 0.6) is 0 Å². The van der Waals surface area contributed by atoms with Crippen molar-refractivity contribution in [3.8, 4) is 0 Å². The van der Waals surface area contributed by atoms with Crippen molar-refractivity contribution in [2.75, 3.05) is 7.05 Å². The van der Waals surface area contributed by atoms with Crippen molar-refractivity contribution in [3.63, 3.8) is 0 Å². The molecule has 1 amide bonds. The van der Waals surface area contributed by atoms with Gasteiger partial charge in [0.05, 0.1) is 0 Å². The van der Waals surface area contributed by atoms with E-state index in [1.807, 2.05) is 0 Å². The maximum Gasteiger partial charge on any atom is 0.329 e. The Morgan fingerprint density at radius 2 is 1.90 bits per heavy atom. The Balaban J connectivity index is 2.34. The highest BCUT2D eigenvalue weighted by Crippen LogP contribution is 2.33. The molecule has 0 spiro atoms. The first-order valence-corrected chi connectivity index (χ1v) is 6.94. The van der Waals surface area contributed by atoms with Gasteiger partial charge in [0.2, 0.25) is 0 Å². The fourth-order valence-corrected chi connectivity index (χ4v) is 2.81. The summed E-state index contributed by atoms with van der Waals surface area (Å²) in [5, 5.41) is 13.5. The minimum atomic E-state index is -1.17. The first kappa shape index (κ1) is 15.2. The minimum absolute atomic E-state index is 0.0748. The van der Waals surface area contributed by atoms with Crippen LogP contribution in [-0.2, 0) is 11.8 Å². The Labute approximate surface area is 122 Å². The second kappa shape index (κ2) is 5.67. The van der Waals surface area contributed by atoms with Gasteiger partial charge in [0.15, 0.2) is 0 Å². The Morgan fingerprint density at radius 1 is 1.29 bits per heavy atom. The molecule has 1 N–H and O–H groups in total. The van der Waals surface area contributed by atoms with E-state index >= 15 is 0 Å². The Bertz CT molecular complexity index is 617. The van der Waals surface area contributed by atoms with Crippen LogP contribution in [0.1, 0.15) is 42.6 Å². The average Bonchev–Trinajstić information content (AvgIpc) is 2.49. The van der Waals surface area contributed by atoms with E-state index in [1.54, 1.807) is 0 Å². The molecule has 21 heavy (non-hydrogen) atoms. The van der Waals surface area contributed by atoms with E-state index in [9.17, 15) is 19.5 Å². The van der Waals surface area contributed by atoms with Gasteiger partial charge in [-0.25, -0.2) is 9.48 Å². The zero-order chi connectivity index (χ0) is 15.6. The number of aromatic nitrogens is 2. The normalized spacial score (nSPS) is 17.2. The number of hydrogen-bond donors (Lipinski definition) is 1. The van der Waals surface area contributed by atoms with Gasteiger partial charge in [0.1, 0.15) is 11.2 Å². The molecular weight excluding hydrogens is 274 g/mol. The summed E-state index contributed by atoms with van der Waals surface area (Å²) in [6.45, 7) is 0. The van der Waals surface area contributed by atoms with Crippen molar-refractivity contribution in [2.24, 2.45) is 7.05 Å². The van der Waals surface area contributed by atoms with Gasteiger partial charge in [-0.3, -0.25) is 9.59 Å². The average molecular weight is 293 g/mol. The predicted molar refractivity (Wildman–Crippen MR) is 75.0 cm³/mol. The van der Waals surface area contributed by atoms with Crippen LogP contribution < -0.4 is 5.56 Å². The molecule has 0 unspecified atom stereocenters. The molecule has 1 aliphatic carbocycles. The van der Waals surface area contributed by atoms with Gasteiger partial charge < -0.3 is 10.0 Å². The predicted octanol–water partition coefficient (Wildman–Crippen LogP) is 0.640. The molecule has 2 rings (SSSR count). The fraction of sp³-hybridized carbons (Fsp3) is 0.571. The van der Waals surface area contributed by atoms with Crippen LogP contribution in [0.15, 0.2) is 16.9 Å². The second-order valence-corrected chi connectivity index (χ2v) is 5.44. The molecule has 0 saturated heterocycles. The molecule has 0 radical (unpaired) electrons. The first-order chi connectivity index (χ1) is 9.88. The quantitative estimate of drug-likeness (QED) is 0.883. The van der Waals surface area contributed by atoms with Gasteiger partial charge in [-0.05, 0) is 18.9 Å². The molecule has 7 nitrogen and oxygen atoms in total. The monoisotopic (exact) mass is 293 g/mol. The van der Waals surface area contributed by atoms with Crippen LogP contribution in [0.4, 0.5) is 0 Å². The van der Waals surface area contributed by atoms with E-state index in [-0.39, 0.29) is 11.3 Å². The highest BCUT2D eigenvalue weighted by atomic mass is 16.4. The van der Waals surface area contributed by atoms with E-state index in [0.717, 1.165) is 23.9 Å². The topological polar surface area (TPSA) is 92.5 Å². The molecule has 1 saturated carbocycles. The van der Waals surface area contributed by atoms with Crippen molar-refractivity contribution in [2.45, 2.75) is 37.6 Å². The summed E-state index contributed by atoms with van der Waals surface area (Å²) in [5.41, 5.74) is -1.42. The van der Waals surface area contributed by atoms with Crippen molar-refractivity contribution in [1.82, 2.24) is 14.7 Å². The van der Waals surface area contributed by atoms with E-state index in [2.05, 4.69) is 5.10 Å². The molecule has 0 bridgehead atoms. The highest BCUT2D eigenvalue weighted by Gasteiger charge is 2.45. The molecule has 0 aromatic carbocycles. The zero-order valence-corrected chi connectivity index (χ0v) is 12.2. The van der Waals surface area contributed by atoms with Gasteiger partial charge in [-0.15, -0.1) is 0 Å². The summed E-state index contributed by atoms with van der Waals surface area (Å²) < 4.78 is 1.06. The third-order valence-corrected chi connectivity index (χ3v) is 4.21. The summed E-state index contributed by atoms with van der Waals surface area (Å²) in [7, 11) is 2.95. The third kappa shape index (κ3) is 2.68. The maximum atomic E-state index is 12.5. The number of carboxylic acids is 1. The van der Waals surface area contributed by atoms with Gasteiger partial charge in [-0.2, -0.15) is 5.10 Å². The van der Waals surface area contributed by atoms with Crippen LogP contribution in [0, 0.1) is 0 Å². The lowest BCUT2D eigenvalue weighted by molar-refractivity contribution is -0.151. The molecule has 1 fully saturated rings. The highest BCUT2D eigenvalue weighted by molar-refractivity contribution is 5.96. The van der Waals surface area contributed by atoms with E-state index in [0.29, 0.717) is 12.8 Å². The van der Waals surface area contributed by atoms with Gasteiger partial charge in [0, 0.05) is 20.2 Å². The number of aliphatic carboxylic acids is 1. The van der Waals surface area contributed by atoms with E-state index < -0.39 is 17.4 Å². The van der Waals surface area contributed by atoms with Gasteiger partial charge in [0.25, 0.3) is 11.5 Å². The van der Waals surface area contributed by atoms with Crippen LogP contribution in [0.2, 0.25) is 0 Å². The number of aryl methyl sites for hydroxylation is 1. The van der Waals surface area contributed by atoms with Gasteiger partial charge >= 0.3 is 5.97 Å². The summed E-state index contributed by atoms with van der Waals surface area (Å²) in [6, 6.07) is 2.59. The fourth-order valence-electron chi connectivity index (χ4n) is 2.81. The number of likely N-dealkylation sites (N-methyl/N-ethyl adjacent to an activating group) is 1. The van der Waals surface area contributed by atoms with Crippen molar-refractivity contribution >= 4 is 11.9 Å². The number of rotatable bonds is 3. The van der Waals surface area contributed by atoms with Gasteiger partial charge in [-0.1, -0.05) is 19.3 Å². The van der Waals surface area contributed by atoms with Crippen molar-refractivity contribution in [3.05, 3.63) is 28.2 Å². The number of carbonyl (C=O) groups excluding carboxylic acids is 1. The third-order valence-electron chi connectivity index (χ3n) is 4.21. The Hall–Kier alpha value is -2.18. The molecule has 7 heteroatoms. The SMILES string of the molecule is CN(C(=O)c1ccc(=O)n(C)n1)C1(C(=O)O)CCCCC1. The lowest BCUT2D eigenvalue weighted by Gasteiger charge is -2.40. The number of carboxylic acid groups (broad SMARTS) is 1. The lowest BCUT2D eigenvalue weighted by atomic mass is 9.80. The summed E-state index contributed by atoms with van der Waals surface area (Å²) in [6.07, 6.45) is 3.43. The van der Waals surface area contributed by atoms with Crippen LogP contribution in [-0.4, -0.2) is 44.3 Å². The molecule has 0 atom stereocenters. The molecule has 1 aromatic rings. The molecular formula is C14H19N3O4. The van der Waals surface area contributed by atoms with Crippen LogP contribution in [0.3, 0.4) is 0 Å². The molecule has 0 aliphatic heterocycles. The largest absolute Gasteiger partial charge is 0.479 e. The molecule has 1 heterocycles. The lowest BCUT2D eigenvalue weighted by Crippen LogP contribution is -2.56. The molecule has 1 aliphatic rings. The van der Waals surface area contributed by atoms with E-state index in [4.69, 9.17) is 0 Å². The first-order valence-electron chi connectivity index (χ1n) is 6.94. The van der Waals surface area contributed by atoms with Crippen molar-refractivity contribution < 1.29 is 14.7 Å². The Kier molecular flexibility index (Phi) is 4.11. The second-order valence-electron chi connectivity index (χ2n) is 5.44. The van der Waals surface area contributed by atoms with Crippen molar-refractivity contribution in [1.29, 1.82) is 0 Å². The molecule has 1 aromatic heterocycles. The van der Waals surface area contributed by atoms with Crippen LogP contribution >= 0.6 is 0 Å². The zero-order valence-electron chi connectivity index (χ0n) is 12.2. The number of amides is 1. The van der Waals surface area contributed by atoms with Crippen LogP contribution in [0.25, 0.3) is 0 Å². The smallest absolute Gasteiger partial charge is 0.329 e. The molecule has 114 valence electrons. The summed E-state index contributed by atoms with van der Waals surface area (Å²) in [5.74, 6) is -1.46. The summed E-state index contributed by atoms with van der Waals surface area (Å²) in [4.78, 5) is 36.8. The Morgan fingerprint density at radius 3 is 2.43 bits per heavy atom. The number of hydrogen-bond acceptors (Lipinski definition) is 4. The standard InChI is InChI=1S/C14H19N3O4/c1-16(14(13(20)21)8-4-3-5-9-14)12(19)10-6-7-11(18)17(2)15-10/h6-7H,3-5,8-9H2,1-2H3,(H,20,21). The number of carbonyl (C=O) groups is 2. The van der Waals surface area contributed by atoms with E-state index in [1.165, 1.54) is 31.1 Å². The number of nitrogens with zero attached hydrogens (tertiary/aromatic N) is 3. The minimum Gasteiger partial charge on any atom is -0.479 e. The maximum absolute atomic E-state index is 12.5. The summed E-state index contributed by atoms with van der Waals surface area (Å²) >= 11 is 0.